The molecule has 0 spiro atoms. The van der Waals surface area contributed by atoms with Crippen LogP contribution in [0.3, 0.4) is 0 Å². The smallest absolute Gasteiger partial charge is 0.237 e. The highest BCUT2D eigenvalue weighted by Crippen LogP contribution is 2.40. The molecule has 1 aromatic heterocycles. The van der Waals surface area contributed by atoms with Crippen molar-refractivity contribution < 1.29 is 9.59 Å². The molecule has 1 N–H and O–H groups in total. The molecule has 102 valence electrons. The molecule has 5 heteroatoms. The SMILES string of the molecule is O=C1C2CCCCC2C(=O)N1c1ccc2cn[nH]c2c1. The summed E-state index contributed by atoms with van der Waals surface area (Å²) in [5, 5.41) is 7.82. The number of aromatic nitrogens is 2. The molecule has 20 heavy (non-hydrogen) atoms. The van der Waals surface area contributed by atoms with Crippen LogP contribution in [0.5, 0.6) is 0 Å². The fraction of sp³-hybridized carbons (Fsp3) is 0.400. The average Bonchev–Trinajstić information content (AvgIpc) is 3.03. The van der Waals surface area contributed by atoms with Crippen molar-refractivity contribution in [3.63, 3.8) is 0 Å². The summed E-state index contributed by atoms with van der Waals surface area (Å²) in [5.41, 5.74) is 1.50. The molecule has 2 unspecified atom stereocenters. The van der Waals surface area contributed by atoms with Gasteiger partial charge in [-0.2, -0.15) is 5.10 Å². The number of nitrogens with one attached hydrogen (secondary N) is 1. The van der Waals surface area contributed by atoms with Crippen molar-refractivity contribution in [3.05, 3.63) is 24.4 Å². The number of anilines is 1. The first-order valence-electron chi connectivity index (χ1n) is 7.06. The van der Waals surface area contributed by atoms with E-state index in [1.807, 2.05) is 18.2 Å². The third-order valence-electron chi connectivity index (χ3n) is 4.52. The van der Waals surface area contributed by atoms with Gasteiger partial charge in [-0.3, -0.25) is 14.7 Å². The summed E-state index contributed by atoms with van der Waals surface area (Å²) < 4.78 is 0. The Hall–Kier alpha value is -2.17. The van der Waals surface area contributed by atoms with Crippen molar-refractivity contribution in [2.75, 3.05) is 4.90 Å². The maximum Gasteiger partial charge on any atom is 0.237 e. The van der Waals surface area contributed by atoms with E-state index in [0.717, 1.165) is 36.6 Å². The minimum Gasteiger partial charge on any atom is -0.278 e. The van der Waals surface area contributed by atoms with E-state index in [2.05, 4.69) is 10.2 Å². The monoisotopic (exact) mass is 269 g/mol. The van der Waals surface area contributed by atoms with E-state index in [1.165, 1.54) is 4.90 Å². The van der Waals surface area contributed by atoms with Gasteiger partial charge < -0.3 is 0 Å². The first kappa shape index (κ1) is 11.6. The van der Waals surface area contributed by atoms with Crippen molar-refractivity contribution in [2.45, 2.75) is 25.7 Å². The second-order valence-electron chi connectivity index (χ2n) is 5.65. The maximum atomic E-state index is 12.5. The lowest BCUT2D eigenvalue weighted by Crippen LogP contribution is -2.30. The van der Waals surface area contributed by atoms with E-state index in [1.54, 1.807) is 6.20 Å². The van der Waals surface area contributed by atoms with Gasteiger partial charge in [-0.15, -0.1) is 0 Å². The first-order chi connectivity index (χ1) is 9.75. The molecule has 2 heterocycles. The van der Waals surface area contributed by atoms with Crippen LogP contribution < -0.4 is 4.90 Å². The predicted octanol–water partition coefficient (Wildman–Crippen LogP) is 2.24. The van der Waals surface area contributed by atoms with Crippen LogP contribution in [0.15, 0.2) is 24.4 Å². The number of hydrogen-bond acceptors (Lipinski definition) is 3. The molecule has 1 aliphatic carbocycles. The van der Waals surface area contributed by atoms with Crippen LogP contribution in [0.25, 0.3) is 10.9 Å². The van der Waals surface area contributed by atoms with Crippen LogP contribution in [0.1, 0.15) is 25.7 Å². The molecule has 1 saturated carbocycles. The summed E-state index contributed by atoms with van der Waals surface area (Å²) in [6.07, 6.45) is 5.52. The number of imide groups is 1. The van der Waals surface area contributed by atoms with Gasteiger partial charge in [-0.05, 0) is 31.0 Å². The van der Waals surface area contributed by atoms with E-state index in [4.69, 9.17) is 0 Å². The Labute approximate surface area is 116 Å². The van der Waals surface area contributed by atoms with Crippen LogP contribution in [0, 0.1) is 11.8 Å². The molecule has 2 aromatic rings. The van der Waals surface area contributed by atoms with E-state index < -0.39 is 0 Å². The van der Waals surface area contributed by atoms with Crippen LogP contribution in [0.4, 0.5) is 5.69 Å². The number of rotatable bonds is 1. The fourth-order valence-corrected chi connectivity index (χ4v) is 3.48. The van der Waals surface area contributed by atoms with Crippen molar-refractivity contribution in [1.82, 2.24) is 10.2 Å². The molecule has 2 fully saturated rings. The highest BCUT2D eigenvalue weighted by molar-refractivity contribution is 6.22. The molecule has 0 radical (unpaired) electrons. The van der Waals surface area contributed by atoms with Gasteiger partial charge in [-0.1, -0.05) is 12.8 Å². The van der Waals surface area contributed by atoms with Gasteiger partial charge in [-0.25, -0.2) is 4.90 Å². The van der Waals surface area contributed by atoms with Gasteiger partial charge in [0.15, 0.2) is 0 Å². The predicted molar refractivity (Wildman–Crippen MR) is 74.0 cm³/mol. The average molecular weight is 269 g/mol. The standard InChI is InChI=1S/C15H15N3O2/c19-14-11-3-1-2-4-12(11)15(20)18(14)10-6-5-9-8-16-17-13(9)7-10/h5-8,11-12H,1-4H2,(H,16,17). The van der Waals surface area contributed by atoms with E-state index in [0.29, 0.717) is 5.69 Å². The Balaban J connectivity index is 1.76. The largest absolute Gasteiger partial charge is 0.278 e. The lowest BCUT2D eigenvalue weighted by atomic mass is 9.81. The summed E-state index contributed by atoms with van der Waals surface area (Å²) >= 11 is 0. The molecule has 5 nitrogen and oxygen atoms in total. The second kappa shape index (κ2) is 4.16. The normalized spacial score (nSPS) is 26.3. The molecule has 1 saturated heterocycles. The number of carbonyl (C=O) groups is 2. The Bertz CT molecular complexity index is 682. The van der Waals surface area contributed by atoms with E-state index in [-0.39, 0.29) is 23.7 Å². The number of benzene rings is 1. The number of hydrogen-bond donors (Lipinski definition) is 1. The first-order valence-corrected chi connectivity index (χ1v) is 7.06. The molecular weight excluding hydrogens is 254 g/mol. The quantitative estimate of drug-likeness (QED) is 0.807. The van der Waals surface area contributed by atoms with Crippen LogP contribution in [-0.4, -0.2) is 22.0 Å². The van der Waals surface area contributed by atoms with E-state index >= 15 is 0 Å². The van der Waals surface area contributed by atoms with Gasteiger partial charge in [0, 0.05) is 5.39 Å². The van der Waals surface area contributed by atoms with Crippen molar-refractivity contribution >= 4 is 28.4 Å². The molecule has 1 aliphatic heterocycles. The summed E-state index contributed by atoms with van der Waals surface area (Å²) in [4.78, 5) is 26.4. The number of carbonyl (C=O) groups excluding carboxylic acids is 2. The highest BCUT2D eigenvalue weighted by Gasteiger charge is 2.48. The summed E-state index contributed by atoms with van der Waals surface area (Å²) in [7, 11) is 0. The topological polar surface area (TPSA) is 66.1 Å². The second-order valence-corrected chi connectivity index (χ2v) is 5.65. The van der Waals surface area contributed by atoms with Gasteiger partial charge >= 0.3 is 0 Å². The lowest BCUT2D eigenvalue weighted by molar-refractivity contribution is -0.122. The molecule has 2 aliphatic rings. The molecule has 1 aromatic carbocycles. The number of H-pyrrole nitrogens is 1. The molecule has 2 amide bonds. The number of fused-ring (bicyclic) bond motifs is 2. The van der Waals surface area contributed by atoms with Crippen LogP contribution >= 0.6 is 0 Å². The third kappa shape index (κ3) is 1.52. The minimum absolute atomic E-state index is 0.0291. The van der Waals surface area contributed by atoms with Crippen molar-refractivity contribution in [3.8, 4) is 0 Å². The van der Waals surface area contributed by atoms with Crippen molar-refractivity contribution in [1.29, 1.82) is 0 Å². The zero-order chi connectivity index (χ0) is 13.7. The zero-order valence-corrected chi connectivity index (χ0v) is 11.0. The minimum atomic E-state index is -0.103. The number of aromatic amines is 1. The summed E-state index contributed by atoms with van der Waals surface area (Å²) in [6, 6.07) is 5.54. The molecule has 4 rings (SSSR count). The molecule has 2 atom stereocenters. The lowest BCUT2D eigenvalue weighted by Gasteiger charge is -2.19. The maximum absolute atomic E-state index is 12.5. The molecular formula is C15H15N3O2. The van der Waals surface area contributed by atoms with Gasteiger partial charge in [0.1, 0.15) is 0 Å². The molecule has 0 bridgehead atoms. The highest BCUT2D eigenvalue weighted by atomic mass is 16.2. The van der Waals surface area contributed by atoms with E-state index in [9.17, 15) is 9.59 Å². The Kier molecular flexibility index (Phi) is 2.42. The number of nitrogens with zero attached hydrogens (tertiary/aromatic N) is 2. The van der Waals surface area contributed by atoms with Gasteiger partial charge in [0.25, 0.3) is 0 Å². The van der Waals surface area contributed by atoms with Crippen molar-refractivity contribution in [2.24, 2.45) is 11.8 Å². The van der Waals surface area contributed by atoms with Crippen LogP contribution in [-0.2, 0) is 9.59 Å². The third-order valence-corrected chi connectivity index (χ3v) is 4.52. The summed E-state index contributed by atoms with van der Waals surface area (Å²) in [5.74, 6) is -0.264. The fourth-order valence-electron chi connectivity index (χ4n) is 3.48. The Morgan fingerprint density at radius 3 is 2.50 bits per heavy atom. The van der Waals surface area contributed by atoms with Crippen LogP contribution in [0.2, 0.25) is 0 Å². The Morgan fingerprint density at radius 1 is 1.10 bits per heavy atom. The number of amides is 2. The summed E-state index contributed by atoms with van der Waals surface area (Å²) in [6.45, 7) is 0. The zero-order valence-electron chi connectivity index (χ0n) is 11.0. The van der Waals surface area contributed by atoms with Gasteiger partial charge in [0.2, 0.25) is 11.8 Å². The van der Waals surface area contributed by atoms with Gasteiger partial charge in [0.05, 0.1) is 29.2 Å². The Morgan fingerprint density at radius 2 is 1.80 bits per heavy atom.